The van der Waals surface area contributed by atoms with E-state index in [0.29, 0.717) is 30.0 Å². The number of nitrogens with zero attached hydrogens (tertiary/aromatic N) is 5. The van der Waals surface area contributed by atoms with E-state index in [1.807, 2.05) is 11.6 Å². The number of aldehydes is 1. The van der Waals surface area contributed by atoms with E-state index in [9.17, 15) is 9.59 Å². The number of hydrogen-bond donors (Lipinski definition) is 0. The Hall–Kier alpha value is -1.95. The quantitative estimate of drug-likeness (QED) is 0.170. The third-order valence-corrected chi connectivity index (χ3v) is 24.9. The lowest BCUT2D eigenvalue weighted by Crippen LogP contribution is -2.54. The fraction of sp³-hybridized carbons (Fsp3) is 0.758. The lowest BCUT2D eigenvalue weighted by Gasteiger charge is -2.44. The summed E-state index contributed by atoms with van der Waals surface area (Å²) in [6.45, 7) is 35.7. The minimum absolute atomic E-state index is 0.0186. The Kier molecular flexibility index (Phi) is 9.77. The van der Waals surface area contributed by atoms with Gasteiger partial charge in [0.1, 0.15) is 24.0 Å². The molecule has 0 radical (unpaired) electrons. The lowest BCUT2D eigenvalue weighted by atomic mass is 10.1. The van der Waals surface area contributed by atoms with Crippen LogP contribution in [0.25, 0.3) is 16.9 Å². The van der Waals surface area contributed by atoms with Gasteiger partial charge in [-0.25, -0.2) is 14.4 Å². The molecule has 3 aromatic rings. The molecule has 4 heterocycles. The number of fused-ring (bicyclic) bond motifs is 2. The van der Waals surface area contributed by atoms with Crippen LogP contribution in [-0.4, -0.2) is 79.7 Å². The highest BCUT2D eigenvalue weighted by Gasteiger charge is 2.55. The largest absolute Gasteiger partial charge is 0.414 e. The Morgan fingerprint density at radius 2 is 1.38 bits per heavy atom. The fourth-order valence-electron chi connectivity index (χ4n) is 5.19. The molecular formula is C33H59N5O6Si3. The van der Waals surface area contributed by atoms with Gasteiger partial charge in [-0.1, -0.05) is 62.3 Å². The minimum atomic E-state index is -2.39. The van der Waals surface area contributed by atoms with Gasteiger partial charge >= 0.3 is 0 Å². The van der Waals surface area contributed by atoms with Crippen LogP contribution in [0.2, 0.25) is 54.4 Å². The maximum Gasteiger partial charge on any atom is 0.287 e. The predicted molar refractivity (Wildman–Crippen MR) is 195 cm³/mol. The maximum atomic E-state index is 13.8. The van der Waals surface area contributed by atoms with Crippen molar-refractivity contribution in [3.8, 4) is 0 Å². The smallest absolute Gasteiger partial charge is 0.287 e. The van der Waals surface area contributed by atoms with Gasteiger partial charge in [-0.15, -0.1) is 0 Å². The van der Waals surface area contributed by atoms with Crippen LogP contribution < -0.4 is 5.56 Å². The zero-order valence-electron chi connectivity index (χ0n) is 31.9. The summed E-state index contributed by atoms with van der Waals surface area (Å²) in [5.41, 5.74) is 1.06. The first kappa shape index (κ1) is 37.9. The van der Waals surface area contributed by atoms with Gasteiger partial charge in [-0.3, -0.25) is 18.7 Å². The molecule has 11 nitrogen and oxygen atoms in total. The number of aromatic nitrogens is 5. The number of aryl methyl sites for hydroxylation is 2. The number of ether oxygens (including phenoxy) is 1. The van der Waals surface area contributed by atoms with E-state index in [-0.39, 0.29) is 26.3 Å². The molecule has 3 aromatic heterocycles. The van der Waals surface area contributed by atoms with E-state index < -0.39 is 55.1 Å². The van der Waals surface area contributed by atoms with Gasteiger partial charge in [0.2, 0.25) is 5.78 Å². The lowest BCUT2D eigenvalue weighted by molar-refractivity contribution is -0.0472. The highest BCUT2D eigenvalue weighted by Crippen LogP contribution is 2.47. The zero-order chi connectivity index (χ0) is 35.9. The number of hydrogen-bond acceptors (Lipinski definition) is 8. The molecular weight excluding hydrogens is 647 g/mol. The van der Waals surface area contributed by atoms with Crippen LogP contribution in [0, 0.1) is 6.92 Å². The Bertz CT molecular complexity index is 1700. The van der Waals surface area contributed by atoms with Crippen molar-refractivity contribution in [2.45, 2.75) is 148 Å². The molecule has 0 N–H and O–H groups in total. The number of rotatable bonds is 9. The maximum absolute atomic E-state index is 13.8. The molecule has 14 heteroatoms. The Morgan fingerprint density at radius 3 is 1.87 bits per heavy atom. The average Bonchev–Trinajstić information content (AvgIpc) is 3.58. The van der Waals surface area contributed by atoms with Crippen LogP contribution in [0.4, 0.5) is 0 Å². The summed E-state index contributed by atoms with van der Waals surface area (Å²) >= 11 is 0. The number of carbonyl (C=O) groups excluding carboxylic acids is 1. The molecule has 4 rings (SSSR count). The van der Waals surface area contributed by atoms with Crippen molar-refractivity contribution in [3.63, 3.8) is 0 Å². The van der Waals surface area contributed by atoms with Crippen molar-refractivity contribution in [1.82, 2.24) is 23.5 Å². The molecule has 0 saturated carbocycles. The predicted octanol–water partition coefficient (Wildman–Crippen LogP) is 7.20. The van der Waals surface area contributed by atoms with E-state index in [1.54, 1.807) is 17.8 Å². The van der Waals surface area contributed by atoms with Crippen LogP contribution in [0.5, 0.6) is 0 Å². The average molecular weight is 706 g/mol. The van der Waals surface area contributed by atoms with E-state index in [0.717, 1.165) is 0 Å². The van der Waals surface area contributed by atoms with Crippen LogP contribution >= 0.6 is 0 Å². The van der Waals surface area contributed by atoms with Gasteiger partial charge in [-0.2, -0.15) is 0 Å². The summed E-state index contributed by atoms with van der Waals surface area (Å²) in [7, 11) is -5.03. The molecule has 0 bridgehead atoms. The second-order valence-electron chi connectivity index (χ2n) is 17.8. The van der Waals surface area contributed by atoms with Crippen molar-refractivity contribution < 1.29 is 22.8 Å². The van der Waals surface area contributed by atoms with E-state index >= 15 is 0 Å². The number of carbonyl (C=O) groups is 1. The first-order valence-corrected chi connectivity index (χ1v) is 25.4. The van der Waals surface area contributed by atoms with Gasteiger partial charge in [0.15, 0.2) is 48.6 Å². The zero-order valence-corrected chi connectivity index (χ0v) is 34.9. The molecule has 264 valence electrons. The highest BCUT2D eigenvalue weighted by atomic mass is 28.4. The van der Waals surface area contributed by atoms with Crippen molar-refractivity contribution in [1.29, 1.82) is 0 Å². The van der Waals surface area contributed by atoms with E-state index in [2.05, 4.69) is 112 Å². The van der Waals surface area contributed by atoms with Gasteiger partial charge < -0.3 is 18.0 Å². The van der Waals surface area contributed by atoms with Gasteiger partial charge in [0.25, 0.3) is 5.56 Å². The van der Waals surface area contributed by atoms with Crippen molar-refractivity contribution in [2.24, 2.45) is 7.05 Å². The summed E-state index contributed by atoms with van der Waals surface area (Å²) in [6, 6.07) is 0. The molecule has 47 heavy (non-hydrogen) atoms. The number of imidazole rings is 2. The van der Waals surface area contributed by atoms with Gasteiger partial charge in [0.05, 0.1) is 18.6 Å². The topological polar surface area (TPSA) is 111 Å². The standard InChI is InChI=1S/C33H59N5O6Si3/c1-21-22(18-39)38-28(40)24-27(36(11)30(38)35-21)37(20-34-24)29-26(44-47(16,17)33(8,9)10)25(43-46(14,15)32(5,6)7)23(42-29)19-41-45(12,13)31(2,3)4/h18,20,23,25-26,29H,19H2,1-17H3/t23-,25-,26-,29-/m1/s1. The van der Waals surface area contributed by atoms with Crippen LogP contribution in [-0.2, 0) is 25.1 Å². The van der Waals surface area contributed by atoms with Crippen LogP contribution in [0.1, 0.15) is 84.7 Å². The van der Waals surface area contributed by atoms with Gasteiger partial charge in [0, 0.05) is 7.05 Å². The monoisotopic (exact) mass is 705 g/mol. The van der Waals surface area contributed by atoms with Crippen LogP contribution in [0.3, 0.4) is 0 Å². The molecule has 1 aliphatic heterocycles. The molecule has 1 aliphatic rings. The molecule has 0 unspecified atom stereocenters. The summed E-state index contributed by atoms with van der Waals surface area (Å²) in [5.74, 6) is 0.357. The summed E-state index contributed by atoms with van der Waals surface area (Å²) < 4.78 is 33.5. The first-order chi connectivity index (χ1) is 21.2. The first-order valence-electron chi connectivity index (χ1n) is 16.7. The summed E-state index contributed by atoms with van der Waals surface area (Å²) in [4.78, 5) is 34.9. The molecule has 0 aromatic carbocycles. The van der Waals surface area contributed by atoms with E-state index in [1.165, 1.54) is 4.40 Å². The second kappa shape index (κ2) is 12.1. The van der Waals surface area contributed by atoms with Gasteiger partial charge in [-0.05, 0) is 61.3 Å². The van der Waals surface area contributed by atoms with Crippen molar-refractivity contribution in [3.05, 3.63) is 28.1 Å². The SMILES string of the molecule is Cc1nc2n(C)c3c(ncn3[C@@H]3O[C@H](CO[Si](C)(C)C(C)(C)C)[C@@H](O[Si](C)(C)C(C)(C)C)[C@H]3O[Si](C)(C)C(C)(C)C)c(=O)n2c1C=O. The van der Waals surface area contributed by atoms with E-state index in [4.69, 9.17) is 18.0 Å². The molecule has 0 amide bonds. The van der Waals surface area contributed by atoms with Crippen molar-refractivity contribution in [2.75, 3.05) is 6.61 Å². The normalized spacial score (nSPS) is 22.1. The minimum Gasteiger partial charge on any atom is -0.414 e. The molecule has 0 spiro atoms. The molecule has 1 saturated heterocycles. The Labute approximate surface area is 283 Å². The highest BCUT2D eigenvalue weighted by molar-refractivity contribution is 6.75. The Morgan fingerprint density at radius 1 is 0.872 bits per heavy atom. The van der Waals surface area contributed by atoms with Crippen LogP contribution in [0.15, 0.2) is 11.1 Å². The molecule has 4 atom stereocenters. The third kappa shape index (κ3) is 6.67. The third-order valence-electron chi connectivity index (χ3n) is 11.4. The summed E-state index contributed by atoms with van der Waals surface area (Å²) in [5, 5.41) is -0.113. The fourth-order valence-corrected chi connectivity index (χ4v) is 8.81. The molecule has 0 aliphatic carbocycles. The molecule has 1 fully saturated rings. The summed E-state index contributed by atoms with van der Waals surface area (Å²) in [6.07, 6.45) is 0.296. The second-order valence-corrected chi connectivity index (χ2v) is 32.2. The van der Waals surface area contributed by atoms with Crippen molar-refractivity contribution >= 4 is 48.2 Å². The Balaban J connectivity index is 1.95.